The summed E-state index contributed by atoms with van der Waals surface area (Å²) in [5.41, 5.74) is 2.10. The minimum Gasteiger partial charge on any atom is -0.415 e. The lowest BCUT2D eigenvalue weighted by molar-refractivity contribution is 0.355. The van der Waals surface area contributed by atoms with Crippen molar-refractivity contribution < 1.29 is 8.81 Å². The first-order valence-electron chi connectivity index (χ1n) is 3.28. The molecule has 0 spiro atoms. The monoisotopic (exact) mass is 151 g/mol. The Balaban J connectivity index is 2.82. The maximum atomic E-state index is 12.4. The summed E-state index contributed by atoms with van der Waals surface area (Å²) in [6.45, 7) is 1.92. The Morgan fingerprint density at radius 3 is 3.09 bits per heavy atom. The summed E-state index contributed by atoms with van der Waals surface area (Å²) in [6, 6.07) is 5.35. The van der Waals surface area contributed by atoms with E-state index in [1.165, 1.54) is 0 Å². The second kappa shape index (κ2) is 2.05. The van der Waals surface area contributed by atoms with Crippen molar-refractivity contribution in [3.8, 4) is 0 Å². The molecule has 0 saturated heterocycles. The van der Waals surface area contributed by atoms with Gasteiger partial charge >= 0.3 is 6.14 Å². The molecule has 0 unspecified atom stereocenters. The third kappa shape index (κ3) is 0.981. The van der Waals surface area contributed by atoms with Gasteiger partial charge in [0.1, 0.15) is 5.52 Å². The SMILES string of the molecule is Cc1ccc2nc(F)oc2c1. The van der Waals surface area contributed by atoms with Crippen molar-refractivity contribution in [1.29, 1.82) is 0 Å². The van der Waals surface area contributed by atoms with E-state index in [4.69, 9.17) is 0 Å². The van der Waals surface area contributed by atoms with E-state index < -0.39 is 6.14 Å². The second-order valence-electron chi connectivity index (χ2n) is 2.44. The minimum atomic E-state index is -0.773. The standard InChI is InChI=1S/C8H6FNO/c1-5-2-3-6-7(4-5)11-8(9)10-6/h2-4H,1H3. The molecule has 0 amide bonds. The number of rotatable bonds is 0. The number of benzene rings is 1. The van der Waals surface area contributed by atoms with Gasteiger partial charge in [0, 0.05) is 0 Å². The van der Waals surface area contributed by atoms with Crippen LogP contribution in [-0.4, -0.2) is 4.98 Å². The molecule has 0 fully saturated rings. The predicted molar refractivity (Wildman–Crippen MR) is 38.7 cm³/mol. The number of hydrogen-bond donors (Lipinski definition) is 0. The zero-order chi connectivity index (χ0) is 7.84. The van der Waals surface area contributed by atoms with Crippen molar-refractivity contribution in [2.45, 2.75) is 6.92 Å². The lowest BCUT2D eigenvalue weighted by Gasteiger charge is -1.87. The van der Waals surface area contributed by atoms with Gasteiger partial charge in [-0.3, -0.25) is 0 Å². The molecular weight excluding hydrogens is 145 g/mol. The molecule has 3 heteroatoms. The molecule has 0 radical (unpaired) electrons. The molecule has 0 bridgehead atoms. The first-order chi connectivity index (χ1) is 5.25. The summed E-state index contributed by atoms with van der Waals surface area (Å²) in [5, 5.41) is 0. The first kappa shape index (κ1) is 6.34. The van der Waals surface area contributed by atoms with Crippen LogP contribution in [-0.2, 0) is 0 Å². The number of nitrogens with zero attached hydrogens (tertiary/aromatic N) is 1. The van der Waals surface area contributed by atoms with E-state index in [-0.39, 0.29) is 0 Å². The quantitative estimate of drug-likeness (QED) is 0.577. The molecule has 2 aromatic rings. The van der Waals surface area contributed by atoms with Crippen LogP contribution in [0.3, 0.4) is 0 Å². The van der Waals surface area contributed by atoms with E-state index in [1.54, 1.807) is 12.1 Å². The fourth-order valence-electron chi connectivity index (χ4n) is 1.00. The molecule has 11 heavy (non-hydrogen) atoms. The van der Waals surface area contributed by atoms with E-state index in [9.17, 15) is 4.39 Å². The van der Waals surface area contributed by atoms with Gasteiger partial charge < -0.3 is 4.42 Å². The zero-order valence-electron chi connectivity index (χ0n) is 5.97. The molecule has 0 atom stereocenters. The van der Waals surface area contributed by atoms with Gasteiger partial charge in [0.2, 0.25) is 0 Å². The van der Waals surface area contributed by atoms with E-state index in [0.29, 0.717) is 11.1 Å². The number of fused-ring (bicyclic) bond motifs is 1. The van der Waals surface area contributed by atoms with E-state index in [1.807, 2.05) is 13.0 Å². The summed E-state index contributed by atoms with van der Waals surface area (Å²) in [7, 11) is 0. The van der Waals surface area contributed by atoms with Gasteiger partial charge in [0.25, 0.3) is 0 Å². The minimum absolute atomic E-state index is 0.502. The van der Waals surface area contributed by atoms with Gasteiger partial charge in [0.15, 0.2) is 5.58 Å². The molecule has 2 rings (SSSR count). The van der Waals surface area contributed by atoms with Crippen LogP contribution in [0.4, 0.5) is 4.39 Å². The molecule has 2 nitrogen and oxygen atoms in total. The molecule has 0 N–H and O–H groups in total. The molecule has 0 aliphatic heterocycles. The predicted octanol–water partition coefficient (Wildman–Crippen LogP) is 2.28. The Morgan fingerprint density at radius 2 is 2.27 bits per heavy atom. The van der Waals surface area contributed by atoms with Crippen molar-refractivity contribution in [3.05, 3.63) is 29.9 Å². The van der Waals surface area contributed by atoms with Crippen LogP contribution in [0.5, 0.6) is 0 Å². The molecule has 1 aromatic carbocycles. The summed E-state index contributed by atoms with van der Waals surface area (Å²) in [5.74, 6) is 0. The maximum Gasteiger partial charge on any atom is 0.382 e. The van der Waals surface area contributed by atoms with Crippen molar-refractivity contribution in [2.75, 3.05) is 0 Å². The molecule has 0 saturated carbocycles. The van der Waals surface area contributed by atoms with Crippen LogP contribution in [0.1, 0.15) is 5.56 Å². The van der Waals surface area contributed by atoms with E-state index in [0.717, 1.165) is 5.56 Å². The Labute approximate surface area is 62.7 Å². The average molecular weight is 151 g/mol. The Kier molecular flexibility index (Phi) is 1.18. The Hall–Kier alpha value is -1.38. The molecule has 1 aromatic heterocycles. The normalized spacial score (nSPS) is 10.7. The van der Waals surface area contributed by atoms with Crippen molar-refractivity contribution in [2.24, 2.45) is 0 Å². The van der Waals surface area contributed by atoms with Crippen LogP contribution in [0.25, 0.3) is 11.1 Å². The topological polar surface area (TPSA) is 26.0 Å². The van der Waals surface area contributed by atoms with Crippen LogP contribution in [0.15, 0.2) is 22.6 Å². The van der Waals surface area contributed by atoms with Crippen LogP contribution in [0, 0.1) is 13.1 Å². The summed E-state index contributed by atoms with van der Waals surface area (Å²) in [6.07, 6.45) is -0.773. The highest BCUT2D eigenvalue weighted by molar-refractivity contribution is 5.72. The van der Waals surface area contributed by atoms with Crippen molar-refractivity contribution in [1.82, 2.24) is 4.98 Å². The van der Waals surface area contributed by atoms with Crippen LogP contribution < -0.4 is 0 Å². The third-order valence-corrected chi connectivity index (χ3v) is 1.52. The maximum absolute atomic E-state index is 12.4. The van der Waals surface area contributed by atoms with Crippen LogP contribution >= 0.6 is 0 Å². The van der Waals surface area contributed by atoms with Gasteiger partial charge in [-0.2, -0.15) is 4.98 Å². The first-order valence-corrected chi connectivity index (χ1v) is 3.28. The molecule has 56 valence electrons. The van der Waals surface area contributed by atoms with Gasteiger partial charge in [-0.25, -0.2) is 0 Å². The summed E-state index contributed by atoms with van der Waals surface area (Å²) >= 11 is 0. The molecule has 1 heterocycles. The second-order valence-corrected chi connectivity index (χ2v) is 2.44. The Morgan fingerprint density at radius 1 is 1.45 bits per heavy atom. The highest BCUT2D eigenvalue weighted by atomic mass is 19.1. The molecule has 0 aliphatic carbocycles. The average Bonchev–Trinajstić information content (AvgIpc) is 2.27. The molecular formula is C8H6FNO. The fourth-order valence-corrected chi connectivity index (χ4v) is 1.00. The number of aromatic nitrogens is 1. The molecule has 0 aliphatic rings. The van der Waals surface area contributed by atoms with Gasteiger partial charge in [-0.15, -0.1) is 4.39 Å². The lowest BCUT2D eigenvalue weighted by atomic mass is 10.2. The third-order valence-electron chi connectivity index (χ3n) is 1.52. The summed E-state index contributed by atoms with van der Waals surface area (Å²) < 4.78 is 17.0. The van der Waals surface area contributed by atoms with Gasteiger partial charge in [0.05, 0.1) is 0 Å². The van der Waals surface area contributed by atoms with Gasteiger partial charge in [-0.05, 0) is 24.6 Å². The fraction of sp³-hybridized carbons (Fsp3) is 0.125. The van der Waals surface area contributed by atoms with E-state index in [2.05, 4.69) is 9.40 Å². The van der Waals surface area contributed by atoms with Gasteiger partial charge in [-0.1, -0.05) is 6.07 Å². The summed E-state index contributed by atoms with van der Waals surface area (Å²) in [4.78, 5) is 3.52. The number of aryl methyl sites for hydroxylation is 1. The zero-order valence-corrected chi connectivity index (χ0v) is 5.97. The van der Waals surface area contributed by atoms with Crippen molar-refractivity contribution >= 4 is 11.1 Å². The Bertz CT molecular complexity index is 394. The van der Waals surface area contributed by atoms with Crippen LogP contribution in [0.2, 0.25) is 0 Å². The smallest absolute Gasteiger partial charge is 0.382 e. The number of hydrogen-bond acceptors (Lipinski definition) is 2. The lowest BCUT2D eigenvalue weighted by Crippen LogP contribution is -1.70. The largest absolute Gasteiger partial charge is 0.415 e. The number of halogens is 1. The van der Waals surface area contributed by atoms with E-state index >= 15 is 0 Å². The highest BCUT2D eigenvalue weighted by Crippen LogP contribution is 2.15. The number of oxazole rings is 1. The highest BCUT2D eigenvalue weighted by Gasteiger charge is 2.02. The van der Waals surface area contributed by atoms with Crippen molar-refractivity contribution in [3.63, 3.8) is 0 Å².